The fourth-order valence-electron chi connectivity index (χ4n) is 3.46. The molecule has 3 rings (SSSR count). The summed E-state index contributed by atoms with van der Waals surface area (Å²) in [5.41, 5.74) is 0. The Bertz CT molecular complexity index is 710. The largest absolute Gasteiger partial charge is 0.481 e. The van der Waals surface area contributed by atoms with Crippen LogP contribution in [0.4, 0.5) is 0 Å². The van der Waals surface area contributed by atoms with Gasteiger partial charge in [-0.25, -0.2) is 8.42 Å². The van der Waals surface area contributed by atoms with Crippen molar-refractivity contribution in [2.45, 2.75) is 25.9 Å². The second-order valence-electron chi connectivity index (χ2n) is 7.03. The molecule has 0 radical (unpaired) electrons. The van der Waals surface area contributed by atoms with Gasteiger partial charge in [-0.1, -0.05) is 0 Å². The number of carbonyl (C=O) groups is 1. The van der Waals surface area contributed by atoms with Crippen molar-refractivity contribution in [3.8, 4) is 0 Å². The highest BCUT2D eigenvalue weighted by molar-refractivity contribution is 7.88. The first-order valence-corrected chi connectivity index (χ1v) is 10.0. The van der Waals surface area contributed by atoms with E-state index in [4.69, 9.17) is 4.42 Å². The summed E-state index contributed by atoms with van der Waals surface area (Å²) in [5, 5.41) is 9.41. The molecule has 1 aliphatic carbocycles. The number of nitrogens with zero attached hydrogens (tertiary/aromatic N) is 2. The van der Waals surface area contributed by atoms with Crippen LogP contribution < -0.4 is 0 Å². The molecule has 8 heteroatoms. The van der Waals surface area contributed by atoms with Crippen LogP contribution in [0.3, 0.4) is 0 Å². The number of hydrogen-bond acceptors (Lipinski definition) is 5. The molecule has 0 aromatic carbocycles. The second kappa shape index (κ2) is 6.50. The Balaban J connectivity index is 1.60. The van der Waals surface area contributed by atoms with Gasteiger partial charge in [0.15, 0.2) is 0 Å². The molecule has 0 bridgehead atoms. The smallest absolute Gasteiger partial charge is 0.308 e. The van der Waals surface area contributed by atoms with Crippen molar-refractivity contribution in [2.75, 3.05) is 26.4 Å². The van der Waals surface area contributed by atoms with Crippen molar-refractivity contribution >= 4 is 16.0 Å². The maximum absolute atomic E-state index is 11.4. The number of aliphatic carboxylic acids is 1. The average molecular weight is 356 g/mol. The van der Waals surface area contributed by atoms with Crippen LogP contribution in [0.25, 0.3) is 0 Å². The topological polar surface area (TPSA) is 91.1 Å². The Morgan fingerprint density at radius 3 is 2.58 bits per heavy atom. The van der Waals surface area contributed by atoms with E-state index < -0.39 is 16.0 Å². The molecular weight excluding hydrogens is 332 g/mol. The number of hydrogen-bond donors (Lipinski definition) is 1. The first-order valence-electron chi connectivity index (χ1n) is 8.18. The van der Waals surface area contributed by atoms with E-state index in [1.54, 1.807) is 6.07 Å². The van der Waals surface area contributed by atoms with Gasteiger partial charge in [0.1, 0.15) is 11.5 Å². The zero-order chi connectivity index (χ0) is 17.5. The molecule has 2 atom stereocenters. The number of likely N-dealkylation sites (tertiary alicyclic amines) is 1. The molecule has 0 amide bonds. The first-order chi connectivity index (χ1) is 11.2. The van der Waals surface area contributed by atoms with Gasteiger partial charge in [0.25, 0.3) is 0 Å². The summed E-state index contributed by atoms with van der Waals surface area (Å²) in [7, 11) is -1.73. The highest BCUT2D eigenvalue weighted by Gasteiger charge is 2.45. The third-order valence-corrected chi connectivity index (χ3v) is 6.29. The molecule has 1 saturated carbocycles. The Labute approximate surface area is 142 Å². The number of furan rings is 1. The monoisotopic (exact) mass is 356 g/mol. The van der Waals surface area contributed by atoms with Crippen LogP contribution in [0.1, 0.15) is 24.4 Å². The van der Waals surface area contributed by atoms with Gasteiger partial charge < -0.3 is 9.52 Å². The third-order valence-electron chi connectivity index (χ3n) is 5.03. The van der Waals surface area contributed by atoms with Gasteiger partial charge in [0, 0.05) is 20.1 Å². The fraction of sp³-hybridized carbons (Fsp3) is 0.688. The number of carboxylic acids is 1. The highest BCUT2D eigenvalue weighted by Crippen LogP contribution is 2.44. The minimum Gasteiger partial charge on any atom is -0.481 e. The molecule has 0 spiro atoms. The lowest BCUT2D eigenvalue weighted by Crippen LogP contribution is -2.24. The average Bonchev–Trinajstić information content (AvgIpc) is 3.09. The Morgan fingerprint density at radius 1 is 1.33 bits per heavy atom. The lowest BCUT2D eigenvalue weighted by atomic mass is 9.92. The number of sulfonamides is 1. The highest BCUT2D eigenvalue weighted by atomic mass is 32.2. The maximum atomic E-state index is 11.4. The van der Waals surface area contributed by atoms with Crippen LogP contribution in [0.2, 0.25) is 0 Å². The van der Waals surface area contributed by atoms with Crippen molar-refractivity contribution in [1.29, 1.82) is 0 Å². The number of carboxylic acid groups (broad SMARTS) is 1. The van der Waals surface area contributed by atoms with E-state index in [-0.39, 0.29) is 18.4 Å². The van der Waals surface area contributed by atoms with Crippen molar-refractivity contribution in [1.82, 2.24) is 9.21 Å². The van der Waals surface area contributed by atoms with E-state index in [0.717, 1.165) is 31.4 Å². The molecule has 1 aliphatic heterocycles. The van der Waals surface area contributed by atoms with E-state index >= 15 is 0 Å². The van der Waals surface area contributed by atoms with E-state index in [1.165, 1.54) is 11.4 Å². The van der Waals surface area contributed by atoms with Gasteiger partial charge in [-0.3, -0.25) is 9.69 Å². The molecule has 2 unspecified atom stereocenters. The van der Waals surface area contributed by atoms with Crippen LogP contribution in [0.5, 0.6) is 0 Å². The maximum Gasteiger partial charge on any atom is 0.308 e. The van der Waals surface area contributed by atoms with E-state index in [1.807, 2.05) is 6.07 Å². The summed E-state index contributed by atoms with van der Waals surface area (Å²) in [6, 6.07) is 3.62. The van der Waals surface area contributed by atoms with E-state index in [2.05, 4.69) is 4.90 Å². The summed E-state index contributed by atoms with van der Waals surface area (Å²) in [6.45, 7) is 2.10. The zero-order valence-electron chi connectivity index (χ0n) is 14.0. The molecule has 1 saturated heterocycles. The van der Waals surface area contributed by atoms with Gasteiger partial charge in [0.2, 0.25) is 10.0 Å². The zero-order valence-corrected chi connectivity index (χ0v) is 14.8. The predicted octanol–water partition coefficient (Wildman–Crippen LogP) is 1.21. The molecule has 2 aliphatic rings. The normalized spacial score (nSPS) is 25.5. The fourth-order valence-corrected chi connectivity index (χ4v) is 3.82. The van der Waals surface area contributed by atoms with Gasteiger partial charge >= 0.3 is 5.97 Å². The van der Waals surface area contributed by atoms with Gasteiger partial charge in [-0.05, 0) is 36.8 Å². The molecule has 2 fully saturated rings. The molecule has 1 aromatic heterocycles. The van der Waals surface area contributed by atoms with Gasteiger partial charge in [-0.15, -0.1) is 0 Å². The Morgan fingerprint density at radius 2 is 2.00 bits per heavy atom. The molecule has 1 aromatic rings. The van der Waals surface area contributed by atoms with Gasteiger partial charge in [-0.2, -0.15) is 4.31 Å². The van der Waals surface area contributed by atoms with Gasteiger partial charge in [0.05, 0.1) is 25.3 Å². The SMILES string of the molecule is CN(Cc1ccc(CN2CC(C(=O)O)C(C3CC3)C2)o1)S(C)(=O)=O. The molecule has 1 N–H and O–H groups in total. The molecule has 7 nitrogen and oxygen atoms in total. The minimum atomic E-state index is -3.24. The summed E-state index contributed by atoms with van der Waals surface area (Å²) >= 11 is 0. The van der Waals surface area contributed by atoms with Crippen LogP contribution in [-0.4, -0.2) is 55.1 Å². The number of rotatable bonds is 7. The van der Waals surface area contributed by atoms with E-state index in [0.29, 0.717) is 24.8 Å². The van der Waals surface area contributed by atoms with E-state index in [9.17, 15) is 18.3 Å². The van der Waals surface area contributed by atoms with Crippen LogP contribution in [-0.2, 0) is 27.9 Å². The summed E-state index contributed by atoms with van der Waals surface area (Å²) < 4.78 is 29.8. The standard InChI is InChI=1S/C16H24N2O5S/c1-17(24(2,21)22)7-12-5-6-13(23-12)8-18-9-14(11-3-4-11)15(10-18)16(19)20/h5-6,11,14-15H,3-4,7-10H2,1-2H3,(H,19,20). The van der Waals surface area contributed by atoms with Crippen molar-refractivity contribution in [3.05, 3.63) is 23.7 Å². The second-order valence-corrected chi connectivity index (χ2v) is 9.12. The summed E-state index contributed by atoms with van der Waals surface area (Å²) in [6.07, 6.45) is 3.45. The first kappa shape index (κ1) is 17.4. The summed E-state index contributed by atoms with van der Waals surface area (Å²) in [5.74, 6) is 1.14. The molecule has 2 heterocycles. The molecular formula is C16H24N2O5S. The minimum absolute atomic E-state index is 0.196. The van der Waals surface area contributed by atoms with Crippen molar-refractivity contribution < 1.29 is 22.7 Å². The quantitative estimate of drug-likeness (QED) is 0.790. The van der Waals surface area contributed by atoms with Crippen molar-refractivity contribution in [3.63, 3.8) is 0 Å². The van der Waals surface area contributed by atoms with Crippen LogP contribution in [0, 0.1) is 17.8 Å². The Hall–Kier alpha value is -1.38. The van der Waals surface area contributed by atoms with Crippen molar-refractivity contribution in [2.24, 2.45) is 17.8 Å². The molecule has 134 valence electrons. The summed E-state index contributed by atoms with van der Waals surface area (Å²) in [4.78, 5) is 13.6. The van der Waals surface area contributed by atoms with Crippen LogP contribution >= 0.6 is 0 Å². The van der Waals surface area contributed by atoms with Crippen LogP contribution in [0.15, 0.2) is 16.5 Å². The lowest BCUT2D eigenvalue weighted by molar-refractivity contribution is -0.142. The predicted molar refractivity (Wildman–Crippen MR) is 87.6 cm³/mol. The molecule has 24 heavy (non-hydrogen) atoms. The Kier molecular flexibility index (Phi) is 4.72. The lowest BCUT2D eigenvalue weighted by Gasteiger charge is -2.14. The third kappa shape index (κ3) is 3.99.